The van der Waals surface area contributed by atoms with E-state index in [1.807, 2.05) is 20.8 Å². The number of aryl methyl sites for hydroxylation is 2. The van der Waals surface area contributed by atoms with Gasteiger partial charge in [0.1, 0.15) is 11.5 Å². The Labute approximate surface area is 118 Å². The van der Waals surface area contributed by atoms with Gasteiger partial charge in [0.2, 0.25) is 0 Å². The molecule has 0 aromatic carbocycles. The summed E-state index contributed by atoms with van der Waals surface area (Å²) in [6.45, 7) is 5.76. The standard InChI is InChI=1S/C15H20ClNO2/c1-8-9(2)19-10(3)14(8)15(18)17-12-4-5-13(17)7-11(16)6-12/h11-13H,4-7H2,1-3H3. The number of halogens is 1. The van der Waals surface area contributed by atoms with Crippen LogP contribution < -0.4 is 0 Å². The van der Waals surface area contributed by atoms with Crippen LogP contribution in [0.2, 0.25) is 0 Å². The molecule has 104 valence electrons. The Hall–Kier alpha value is -0.960. The van der Waals surface area contributed by atoms with E-state index in [-0.39, 0.29) is 11.3 Å². The average Bonchev–Trinajstić information content (AvgIpc) is 2.74. The molecule has 3 heterocycles. The maximum atomic E-state index is 12.8. The van der Waals surface area contributed by atoms with Crippen molar-refractivity contribution < 1.29 is 9.21 Å². The van der Waals surface area contributed by atoms with Crippen LogP contribution in [0.5, 0.6) is 0 Å². The van der Waals surface area contributed by atoms with Crippen LogP contribution in [0.15, 0.2) is 4.42 Å². The number of piperidine rings is 1. The fourth-order valence-corrected chi connectivity index (χ4v) is 4.09. The molecule has 1 amide bonds. The summed E-state index contributed by atoms with van der Waals surface area (Å²) in [7, 11) is 0. The number of hydrogen-bond acceptors (Lipinski definition) is 2. The zero-order chi connectivity index (χ0) is 13.7. The number of rotatable bonds is 1. The first-order valence-corrected chi connectivity index (χ1v) is 7.46. The highest BCUT2D eigenvalue weighted by Gasteiger charge is 2.43. The second kappa shape index (κ2) is 4.55. The van der Waals surface area contributed by atoms with Crippen molar-refractivity contribution in [1.82, 2.24) is 4.90 Å². The topological polar surface area (TPSA) is 33.5 Å². The van der Waals surface area contributed by atoms with Gasteiger partial charge in [-0.05, 0) is 46.5 Å². The minimum Gasteiger partial charge on any atom is -0.466 e. The van der Waals surface area contributed by atoms with E-state index in [4.69, 9.17) is 16.0 Å². The van der Waals surface area contributed by atoms with Crippen LogP contribution in [0.1, 0.15) is 53.1 Å². The van der Waals surface area contributed by atoms with Crippen LogP contribution in [0.25, 0.3) is 0 Å². The molecule has 2 saturated heterocycles. The molecule has 2 aliphatic heterocycles. The number of furan rings is 1. The normalized spacial score (nSPS) is 29.9. The van der Waals surface area contributed by atoms with Gasteiger partial charge in [0.05, 0.1) is 5.56 Å². The first-order chi connectivity index (χ1) is 8.99. The molecule has 2 atom stereocenters. The number of fused-ring (bicyclic) bond motifs is 2. The summed E-state index contributed by atoms with van der Waals surface area (Å²) >= 11 is 6.27. The molecule has 1 aromatic heterocycles. The molecule has 0 radical (unpaired) electrons. The van der Waals surface area contributed by atoms with Gasteiger partial charge in [0.15, 0.2) is 0 Å². The predicted molar refractivity (Wildman–Crippen MR) is 74.8 cm³/mol. The van der Waals surface area contributed by atoms with Crippen LogP contribution in [0.3, 0.4) is 0 Å². The Balaban J connectivity index is 1.93. The number of carbonyl (C=O) groups excluding carboxylic acids is 1. The Kier molecular flexibility index (Phi) is 3.12. The molecule has 0 saturated carbocycles. The van der Waals surface area contributed by atoms with Crippen LogP contribution >= 0.6 is 11.6 Å². The van der Waals surface area contributed by atoms with Crippen LogP contribution in [0, 0.1) is 20.8 Å². The minimum atomic E-state index is 0.142. The van der Waals surface area contributed by atoms with E-state index in [2.05, 4.69) is 4.90 Å². The summed E-state index contributed by atoms with van der Waals surface area (Å²) in [6.07, 6.45) is 4.04. The van der Waals surface area contributed by atoms with E-state index in [9.17, 15) is 4.79 Å². The minimum absolute atomic E-state index is 0.142. The van der Waals surface area contributed by atoms with Gasteiger partial charge in [0.25, 0.3) is 5.91 Å². The maximum absolute atomic E-state index is 12.8. The molecule has 3 rings (SSSR count). The second-order valence-corrected chi connectivity index (χ2v) is 6.50. The van der Waals surface area contributed by atoms with Crippen molar-refractivity contribution in [2.75, 3.05) is 0 Å². The summed E-state index contributed by atoms with van der Waals surface area (Å²) < 4.78 is 5.60. The largest absolute Gasteiger partial charge is 0.466 e. The smallest absolute Gasteiger partial charge is 0.258 e. The molecule has 2 unspecified atom stereocenters. The maximum Gasteiger partial charge on any atom is 0.258 e. The summed E-state index contributed by atoms with van der Waals surface area (Å²) in [5, 5.41) is 0.231. The van der Waals surface area contributed by atoms with Gasteiger partial charge in [-0.15, -0.1) is 11.6 Å². The lowest BCUT2D eigenvalue weighted by Crippen LogP contribution is -2.47. The van der Waals surface area contributed by atoms with Crippen molar-refractivity contribution in [3.05, 3.63) is 22.6 Å². The van der Waals surface area contributed by atoms with E-state index in [0.717, 1.165) is 48.3 Å². The van der Waals surface area contributed by atoms with Gasteiger partial charge in [-0.2, -0.15) is 0 Å². The van der Waals surface area contributed by atoms with E-state index < -0.39 is 0 Å². The van der Waals surface area contributed by atoms with Crippen molar-refractivity contribution >= 4 is 17.5 Å². The van der Waals surface area contributed by atoms with Gasteiger partial charge in [-0.25, -0.2) is 0 Å². The lowest BCUT2D eigenvalue weighted by atomic mass is 10.00. The Bertz CT molecular complexity index is 508. The zero-order valence-corrected chi connectivity index (χ0v) is 12.5. The molecule has 0 N–H and O–H groups in total. The molecular weight excluding hydrogens is 262 g/mol. The number of alkyl halides is 1. The highest BCUT2D eigenvalue weighted by Crippen LogP contribution is 2.39. The van der Waals surface area contributed by atoms with E-state index in [1.54, 1.807) is 0 Å². The van der Waals surface area contributed by atoms with Gasteiger partial charge < -0.3 is 9.32 Å². The first-order valence-electron chi connectivity index (χ1n) is 7.02. The fraction of sp³-hybridized carbons (Fsp3) is 0.667. The zero-order valence-electron chi connectivity index (χ0n) is 11.7. The Morgan fingerprint density at radius 3 is 2.21 bits per heavy atom. The third-order valence-corrected chi connectivity index (χ3v) is 5.04. The van der Waals surface area contributed by atoms with E-state index in [0.29, 0.717) is 12.1 Å². The number of nitrogens with zero attached hydrogens (tertiary/aromatic N) is 1. The molecule has 3 nitrogen and oxygen atoms in total. The quantitative estimate of drug-likeness (QED) is 0.737. The third kappa shape index (κ3) is 1.99. The highest BCUT2D eigenvalue weighted by molar-refractivity contribution is 6.20. The van der Waals surface area contributed by atoms with Crippen LogP contribution in [-0.2, 0) is 0 Å². The SMILES string of the molecule is Cc1oc(C)c(C(=O)N2C3CCC2CC(Cl)C3)c1C. The number of amides is 1. The molecule has 2 aliphatic rings. The second-order valence-electron chi connectivity index (χ2n) is 5.88. The third-order valence-electron chi connectivity index (χ3n) is 4.69. The summed E-state index contributed by atoms with van der Waals surface area (Å²) in [5.41, 5.74) is 1.75. The first kappa shape index (κ1) is 13.0. The van der Waals surface area contributed by atoms with Crippen molar-refractivity contribution in [3.8, 4) is 0 Å². The molecule has 1 aromatic rings. The fourth-order valence-electron chi connectivity index (χ4n) is 3.68. The van der Waals surface area contributed by atoms with E-state index >= 15 is 0 Å². The molecular formula is C15H20ClNO2. The van der Waals surface area contributed by atoms with Gasteiger partial charge >= 0.3 is 0 Å². The van der Waals surface area contributed by atoms with Crippen molar-refractivity contribution in [2.45, 2.75) is 63.9 Å². The van der Waals surface area contributed by atoms with E-state index in [1.165, 1.54) is 0 Å². The van der Waals surface area contributed by atoms with Crippen molar-refractivity contribution in [2.24, 2.45) is 0 Å². The van der Waals surface area contributed by atoms with Crippen LogP contribution in [0.4, 0.5) is 0 Å². The van der Waals surface area contributed by atoms with Gasteiger partial charge in [0, 0.05) is 23.0 Å². The molecule has 0 aliphatic carbocycles. The molecule has 2 fully saturated rings. The van der Waals surface area contributed by atoms with Gasteiger partial charge in [-0.3, -0.25) is 4.79 Å². The summed E-state index contributed by atoms with van der Waals surface area (Å²) in [5.74, 6) is 1.73. The lowest BCUT2D eigenvalue weighted by Gasteiger charge is -2.37. The predicted octanol–water partition coefficient (Wildman–Crippen LogP) is 3.58. The van der Waals surface area contributed by atoms with Gasteiger partial charge in [-0.1, -0.05) is 0 Å². The van der Waals surface area contributed by atoms with Crippen molar-refractivity contribution in [3.63, 3.8) is 0 Å². The Morgan fingerprint density at radius 2 is 1.74 bits per heavy atom. The monoisotopic (exact) mass is 281 g/mol. The van der Waals surface area contributed by atoms with Crippen LogP contribution in [-0.4, -0.2) is 28.3 Å². The molecule has 19 heavy (non-hydrogen) atoms. The average molecular weight is 282 g/mol. The lowest BCUT2D eigenvalue weighted by molar-refractivity contribution is 0.0597. The molecule has 0 spiro atoms. The summed E-state index contributed by atoms with van der Waals surface area (Å²) in [4.78, 5) is 14.9. The van der Waals surface area contributed by atoms with Crippen molar-refractivity contribution in [1.29, 1.82) is 0 Å². The number of hydrogen-bond donors (Lipinski definition) is 0. The summed E-state index contributed by atoms with van der Waals surface area (Å²) in [6, 6.07) is 0.644. The Morgan fingerprint density at radius 1 is 1.16 bits per heavy atom. The molecule has 2 bridgehead atoms. The highest BCUT2D eigenvalue weighted by atomic mass is 35.5. The molecule has 4 heteroatoms. The number of carbonyl (C=O) groups is 1.